The van der Waals surface area contributed by atoms with E-state index in [2.05, 4.69) is 36.2 Å². The summed E-state index contributed by atoms with van der Waals surface area (Å²) < 4.78 is 17.4. The largest absolute Gasteiger partial charge is 0.485 e. The molecule has 1 spiro atoms. The number of nitrogens with zero attached hydrogens (tertiary/aromatic N) is 1. The summed E-state index contributed by atoms with van der Waals surface area (Å²) in [5.41, 5.74) is 3.05. The van der Waals surface area contributed by atoms with Crippen molar-refractivity contribution in [1.29, 1.82) is 0 Å². The Labute approximate surface area is 137 Å². The maximum absolute atomic E-state index is 6.49. The summed E-state index contributed by atoms with van der Waals surface area (Å²) in [6, 6.07) is 4.90. The minimum Gasteiger partial charge on any atom is -0.485 e. The van der Waals surface area contributed by atoms with Gasteiger partial charge in [-0.05, 0) is 38.1 Å². The first kappa shape index (κ1) is 13.9. The molecule has 0 radical (unpaired) electrons. The summed E-state index contributed by atoms with van der Waals surface area (Å²) in [5.74, 6) is 2.39. The molecule has 0 unspecified atom stereocenters. The van der Waals surface area contributed by atoms with Crippen LogP contribution in [0.1, 0.15) is 24.0 Å². The van der Waals surface area contributed by atoms with E-state index in [1.807, 2.05) is 0 Å². The molecule has 1 aromatic rings. The van der Waals surface area contributed by atoms with Gasteiger partial charge in [0.1, 0.15) is 6.10 Å². The van der Waals surface area contributed by atoms with Gasteiger partial charge in [-0.3, -0.25) is 0 Å². The van der Waals surface area contributed by atoms with E-state index < -0.39 is 0 Å². The van der Waals surface area contributed by atoms with Crippen molar-refractivity contribution in [3.8, 4) is 11.5 Å². The van der Waals surface area contributed by atoms with Gasteiger partial charge in [0.2, 0.25) is 0 Å². The third-order valence-corrected chi connectivity index (χ3v) is 6.42. The lowest BCUT2D eigenvalue weighted by Gasteiger charge is -2.55. The molecule has 0 amide bonds. The summed E-state index contributed by atoms with van der Waals surface area (Å²) in [7, 11) is 3.92. The number of hydrogen-bond acceptors (Lipinski definition) is 4. The van der Waals surface area contributed by atoms with Crippen LogP contribution >= 0.6 is 0 Å². The van der Waals surface area contributed by atoms with Crippen LogP contribution in [-0.4, -0.2) is 44.5 Å². The second-order valence-corrected chi connectivity index (χ2v) is 7.32. The lowest BCUT2D eigenvalue weighted by atomic mass is 9.54. The molecular weight excluding hydrogens is 290 g/mol. The van der Waals surface area contributed by atoms with E-state index in [9.17, 15) is 0 Å². The Bertz CT molecular complexity index is 685. The molecule has 2 heterocycles. The van der Waals surface area contributed by atoms with E-state index in [1.165, 1.54) is 17.5 Å². The summed E-state index contributed by atoms with van der Waals surface area (Å²) in [6.07, 6.45) is 8.33. The fourth-order valence-electron chi connectivity index (χ4n) is 5.44. The van der Waals surface area contributed by atoms with E-state index in [4.69, 9.17) is 14.2 Å². The van der Waals surface area contributed by atoms with Crippen LogP contribution in [0, 0.1) is 5.92 Å². The van der Waals surface area contributed by atoms with Gasteiger partial charge in [0.25, 0.3) is 0 Å². The fraction of sp³-hybridized carbons (Fsp3) is 0.579. The van der Waals surface area contributed by atoms with Crippen LogP contribution in [0.5, 0.6) is 11.5 Å². The number of hydrogen-bond donors (Lipinski definition) is 0. The molecule has 0 saturated carbocycles. The Morgan fingerprint density at radius 2 is 2.30 bits per heavy atom. The predicted molar refractivity (Wildman–Crippen MR) is 87.0 cm³/mol. The van der Waals surface area contributed by atoms with Crippen molar-refractivity contribution in [3.63, 3.8) is 0 Å². The summed E-state index contributed by atoms with van der Waals surface area (Å²) in [6.45, 7) is 1.41. The molecule has 1 saturated heterocycles. The number of benzene rings is 1. The number of piperidine rings is 1. The maximum atomic E-state index is 6.49. The van der Waals surface area contributed by atoms with Crippen molar-refractivity contribution >= 4 is 0 Å². The molecule has 2 aliphatic carbocycles. The first-order valence-electron chi connectivity index (χ1n) is 8.57. The van der Waals surface area contributed by atoms with Crippen LogP contribution < -0.4 is 9.47 Å². The number of likely N-dealkylation sites (N-methyl/N-ethyl adjacent to an activating group) is 1. The monoisotopic (exact) mass is 313 g/mol. The molecule has 2 aliphatic heterocycles. The van der Waals surface area contributed by atoms with Crippen molar-refractivity contribution in [2.24, 2.45) is 5.92 Å². The average Bonchev–Trinajstić information content (AvgIpc) is 2.91. The standard InChI is InChI=1S/C19H23NO3/c1-20-9-8-19-13-4-3-5-16(19)23-18-15(22-11-21-2)7-6-12(17(18)19)10-14(13)20/h3-4,6-7,13-14,16H,5,8-11H2,1-2H3/t13-,14+,16-,19+/m0/s1. The Morgan fingerprint density at radius 1 is 1.39 bits per heavy atom. The van der Waals surface area contributed by atoms with Crippen molar-refractivity contribution in [1.82, 2.24) is 4.90 Å². The van der Waals surface area contributed by atoms with Crippen LogP contribution in [0.15, 0.2) is 24.3 Å². The molecule has 122 valence electrons. The summed E-state index contributed by atoms with van der Waals surface area (Å²) in [4.78, 5) is 2.54. The van der Waals surface area contributed by atoms with E-state index in [1.54, 1.807) is 7.11 Å². The van der Waals surface area contributed by atoms with Crippen LogP contribution in [0.25, 0.3) is 0 Å². The highest BCUT2D eigenvalue weighted by molar-refractivity contribution is 5.61. The topological polar surface area (TPSA) is 30.9 Å². The average molecular weight is 313 g/mol. The number of methoxy groups -OCH3 is 1. The summed E-state index contributed by atoms with van der Waals surface area (Å²) >= 11 is 0. The molecule has 1 fully saturated rings. The van der Waals surface area contributed by atoms with Gasteiger partial charge in [0.05, 0.1) is 0 Å². The SMILES string of the molecule is COCOc1ccc2c3c1O[C@H]1CC=C[C@H]4[C@@H](C2)N(C)CC[C@]314. The molecule has 23 heavy (non-hydrogen) atoms. The Hall–Kier alpha value is -1.52. The molecule has 2 bridgehead atoms. The zero-order valence-corrected chi connectivity index (χ0v) is 13.7. The normalized spacial score (nSPS) is 36.5. The van der Waals surface area contributed by atoms with E-state index in [-0.39, 0.29) is 18.3 Å². The zero-order chi connectivity index (χ0) is 15.6. The molecule has 4 atom stereocenters. The number of rotatable bonds is 3. The van der Waals surface area contributed by atoms with E-state index in [0.717, 1.165) is 30.9 Å². The highest BCUT2D eigenvalue weighted by Gasteiger charge is 2.62. The molecule has 0 aromatic heterocycles. The van der Waals surface area contributed by atoms with Crippen molar-refractivity contribution < 1.29 is 14.2 Å². The fourth-order valence-corrected chi connectivity index (χ4v) is 5.44. The van der Waals surface area contributed by atoms with Gasteiger partial charge in [0, 0.05) is 36.5 Å². The first-order valence-corrected chi connectivity index (χ1v) is 8.57. The van der Waals surface area contributed by atoms with Crippen molar-refractivity contribution in [2.75, 3.05) is 27.5 Å². The van der Waals surface area contributed by atoms with Gasteiger partial charge in [-0.1, -0.05) is 18.2 Å². The third kappa shape index (κ3) is 1.63. The molecule has 0 N–H and O–H groups in total. The predicted octanol–water partition coefficient (Wildman–Crippen LogP) is 2.50. The minimum atomic E-state index is 0.154. The molecule has 4 aliphatic rings. The second-order valence-electron chi connectivity index (χ2n) is 7.32. The van der Waals surface area contributed by atoms with Crippen molar-refractivity contribution in [2.45, 2.75) is 36.8 Å². The van der Waals surface area contributed by atoms with Gasteiger partial charge in [-0.25, -0.2) is 0 Å². The summed E-state index contributed by atoms with van der Waals surface area (Å²) in [5, 5.41) is 0. The van der Waals surface area contributed by atoms with E-state index in [0.29, 0.717) is 12.0 Å². The van der Waals surface area contributed by atoms with Crippen LogP contribution in [0.4, 0.5) is 0 Å². The van der Waals surface area contributed by atoms with Crippen LogP contribution in [0.3, 0.4) is 0 Å². The number of likely N-dealkylation sites (tertiary alicyclic amines) is 1. The van der Waals surface area contributed by atoms with Crippen LogP contribution in [-0.2, 0) is 16.6 Å². The van der Waals surface area contributed by atoms with Gasteiger partial charge in [-0.15, -0.1) is 0 Å². The van der Waals surface area contributed by atoms with Gasteiger partial charge in [0.15, 0.2) is 18.3 Å². The Kier molecular flexibility index (Phi) is 2.86. The minimum absolute atomic E-state index is 0.154. The molecular formula is C19H23NO3. The second kappa shape index (κ2) is 4.74. The highest BCUT2D eigenvalue weighted by Crippen LogP contribution is 2.62. The zero-order valence-electron chi connectivity index (χ0n) is 13.7. The maximum Gasteiger partial charge on any atom is 0.188 e. The van der Waals surface area contributed by atoms with Gasteiger partial charge in [-0.2, -0.15) is 0 Å². The lowest BCUT2D eigenvalue weighted by molar-refractivity contribution is 0.00113. The molecule has 1 aromatic carbocycles. The third-order valence-electron chi connectivity index (χ3n) is 6.42. The molecule has 4 heteroatoms. The first-order chi connectivity index (χ1) is 11.3. The van der Waals surface area contributed by atoms with E-state index >= 15 is 0 Å². The smallest absolute Gasteiger partial charge is 0.188 e. The molecule has 4 nitrogen and oxygen atoms in total. The van der Waals surface area contributed by atoms with Crippen molar-refractivity contribution in [3.05, 3.63) is 35.4 Å². The Morgan fingerprint density at radius 3 is 3.17 bits per heavy atom. The quantitative estimate of drug-likeness (QED) is 0.634. The Balaban J connectivity index is 1.71. The van der Waals surface area contributed by atoms with Gasteiger partial charge >= 0.3 is 0 Å². The lowest BCUT2D eigenvalue weighted by Crippen LogP contribution is -2.62. The van der Waals surface area contributed by atoms with Crippen LogP contribution in [0.2, 0.25) is 0 Å². The highest BCUT2D eigenvalue weighted by atomic mass is 16.7. The number of ether oxygens (including phenoxy) is 3. The van der Waals surface area contributed by atoms with Gasteiger partial charge < -0.3 is 19.1 Å². The molecule has 5 rings (SSSR count).